The second kappa shape index (κ2) is 12.2. The van der Waals surface area contributed by atoms with Crippen LogP contribution in [0.5, 0.6) is 28.7 Å². The second-order valence-corrected chi connectivity index (χ2v) is 12.6. The molecule has 0 spiro atoms. The maximum Gasteiger partial charge on any atom is 0.586 e. The predicted molar refractivity (Wildman–Crippen MR) is 159 cm³/mol. The van der Waals surface area contributed by atoms with Crippen molar-refractivity contribution < 1.29 is 60.0 Å². The number of hydrogen-bond donors (Lipinski definition) is 1. The Morgan fingerprint density at radius 3 is 2.39 bits per heavy atom. The van der Waals surface area contributed by atoms with E-state index in [1.807, 2.05) is 30.3 Å². The summed E-state index contributed by atoms with van der Waals surface area (Å²) in [4.78, 5) is 28.3. The molecule has 1 saturated heterocycles. The first kappa shape index (κ1) is 32.6. The van der Waals surface area contributed by atoms with Crippen LogP contribution >= 0.6 is 0 Å². The molecule has 3 atom stereocenters. The van der Waals surface area contributed by atoms with Crippen LogP contribution in [0.3, 0.4) is 0 Å². The van der Waals surface area contributed by atoms with Gasteiger partial charge < -0.3 is 38.6 Å². The zero-order valence-corrected chi connectivity index (χ0v) is 26.1. The summed E-state index contributed by atoms with van der Waals surface area (Å²) in [6.45, 7) is 2.38. The quantitative estimate of drug-likeness (QED) is 0.288. The van der Waals surface area contributed by atoms with Gasteiger partial charge in [-0.3, -0.25) is 4.79 Å². The number of likely N-dealkylation sites (tertiary alicyclic amines) is 1. The molecule has 0 bridgehead atoms. The van der Waals surface area contributed by atoms with E-state index in [2.05, 4.69) is 19.5 Å². The maximum absolute atomic E-state index is 14.0. The third kappa shape index (κ3) is 6.70. The first-order valence-corrected chi connectivity index (χ1v) is 15.7. The molecule has 0 aliphatic carbocycles. The Kier molecular flexibility index (Phi) is 8.10. The zero-order valence-electron chi connectivity index (χ0n) is 26.1. The number of amides is 2. The number of carbonyl (C=O) groups excluding carboxylic acids is 2. The van der Waals surface area contributed by atoms with Gasteiger partial charge >= 0.3 is 18.8 Å². The first-order valence-electron chi connectivity index (χ1n) is 15.7. The number of fused-ring (bicyclic) bond motifs is 3. The van der Waals surface area contributed by atoms with E-state index in [0.717, 1.165) is 17.7 Å². The molecule has 0 aromatic heterocycles. The maximum atomic E-state index is 14.0. The number of rotatable bonds is 6. The summed E-state index contributed by atoms with van der Waals surface area (Å²) in [5, 5.41) is 3.01. The molecule has 1 N–H and O–H groups in total. The van der Waals surface area contributed by atoms with Crippen molar-refractivity contribution in [3.63, 3.8) is 0 Å². The van der Waals surface area contributed by atoms with Gasteiger partial charge in [-0.15, -0.1) is 22.0 Å². The molecule has 15 heteroatoms. The average molecular weight is 691 g/mol. The molecule has 1 fully saturated rings. The molecule has 260 valence electrons. The predicted octanol–water partition coefficient (Wildman–Crippen LogP) is 6.61. The minimum Gasteiger partial charge on any atom is -0.492 e. The van der Waals surface area contributed by atoms with Crippen molar-refractivity contribution in [3.05, 3.63) is 77.4 Å². The lowest BCUT2D eigenvalue weighted by molar-refractivity contribution is -0.286. The smallest absolute Gasteiger partial charge is 0.492 e. The van der Waals surface area contributed by atoms with Crippen LogP contribution in [-0.2, 0) is 21.6 Å². The highest BCUT2D eigenvalue weighted by Crippen LogP contribution is 2.50. The number of ether oxygens (including phenoxy) is 6. The van der Waals surface area contributed by atoms with Gasteiger partial charge in [0, 0.05) is 42.8 Å². The fourth-order valence-corrected chi connectivity index (χ4v) is 6.70. The minimum absolute atomic E-state index is 0.106. The summed E-state index contributed by atoms with van der Waals surface area (Å²) in [6.07, 6.45) is -8.44. The lowest BCUT2D eigenvalue weighted by Crippen LogP contribution is -2.48. The summed E-state index contributed by atoms with van der Waals surface area (Å²) in [7, 11) is 0. The number of piperidine rings is 1. The summed E-state index contributed by atoms with van der Waals surface area (Å²) < 4.78 is 97.3. The van der Waals surface area contributed by atoms with E-state index in [1.54, 1.807) is 11.8 Å². The van der Waals surface area contributed by atoms with E-state index in [1.165, 1.54) is 18.2 Å². The summed E-state index contributed by atoms with van der Waals surface area (Å²) in [6, 6.07) is 14.8. The van der Waals surface area contributed by atoms with Crippen LogP contribution in [0, 0.1) is 5.92 Å². The molecule has 7 rings (SSSR count). The van der Waals surface area contributed by atoms with Gasteiger partial charge in [0.05, 0.1) is 6.04 Å². The topological polar surface area (TPSA) is 105 Å². The van der Waals surface area contributed by atoms with E-state index in [0.29, 0.717) is 37.1 Å². The molecule has 0 saturated carbocycles. The average Bonchev–Trinajstić information content (AvgIpc) is 3.56. The number of nitrogens with zero attached hydrogens (tertiary/aromatic N) is 1. The molecule has 0 unspecified atom stereocenters. The number of halogens is 5. The molecule has 49 heavy (non-hydrogen) atoms. The van der Waals surface area contributed by atoms with Crippen molar-refractivity contribution in [1.29, 1.82) is 0 Å². The van der Waals surface area contributed by atoms with Crippen molar-refractivity contribution in [2.45, 2.75) is 63.0 Å². The van der Waals surface area contributed by atoms with Crippen LogP contribution in [0.25, 0.3) is 0 Å². The Morgan fingerprint density at radius 2 is 1.67 bits per heavy atom. The highest BCUT2D eigenvalue weighted by Gasteiger charge is 2.50. The molecule has 3 aromatic rings. The van der Waals surface area contributed by atoms with E-state index in [9.17, 15) is 31.5 Å². The molecule has 2 amide bonds. The number of alkyl halides is 5. The van der Waals surface area contributed by atoms with Gasteiger partial charge in [-0.1, -0.05) is 30.3 Å². The molecule has 4 aliphatic heterocycles. The monoisotopic (exact) mass is 690 g/mol. The van der Waals surface area contributed by atoms with Crippen molar-refractivity contribution >= 4 is 12.0 Å². The van der Waals surface area contributed by atoms with Crippen molar-refractivity contribution in [1.82, 2.24) is 10.2 Å². The highest BCUT2D eigenvalue weighted by molar-refractivity contribution is 5.90. The van der Waals surface area contributed by atoms with E-state index in [-0.39, 0.29) is 48.6 Å². The van der Waals surface area contributed by atoms with Crippen LogP contribution in [0.2, 0.25) is 0 Å². The first-order chi connectivity index (χ1) is 23.3. The van der Waals surface area contributed by atoms with Gasteiger partial charge in [-0.25, -0.2) is 4.79 Å². The largest absolute Gasteiger partial charge is 0.586 e. The van der Waals surface area contributed by atoms with Gasteiger partial charge in [0.15, 0.2) is 11.5 Å². The molecule has 4 heterocycles. The van der Waals surface area contributed by atoms with Gasteiger partial charge in [0.2, 0.25) is 5.91 Å². The number of nitrogens with one attached hydrogen (secondary N) is 1. The third-order valence-corrected chi connectivity index (χ3v) is 9.29. The van der Waals surface area contributed by atoms with E-state index < -0.39 is 48.0 Å². The normalized spacial score (nSPS) is 23.8. The minimum atomic E-state index is -4.93. The number of carbonyl (C=O) groups is 2. The van der Waals surface area contributed by atoms with E-state index >= 15 is 0 Å². The zero-order chi connectivity index (χ0) is 34.6. The Hall–Kier alpha value is -4.95. The fourth-order valence-electron chi connectivity index (χ4n) is 6.70. The van der Waals surface area contributed by atoms with Gasteiger partial charge in [-0.05, 0) is 49.4 Å². The second-order valence-electron chi connectivity index (χ2n) is 12.6. The molecular formula is C34H31F5N2O8. The Bertz CT molecular complexity index is 1750. The molecule has 0 radical (unpaired) electrons. The van der Waals surface area contributed by atoms with Crippen LogP contribution < -0.4 is 29.0 Å². The molecular weight excluding hydrogens is 659 g/mol. The van der Waals surface area contributed by atoms with Crippen molar-refractivity contribution in [3.8, 4) is 28.7 Å². The van der Waals surface area contributed by atoms with E-state index in [4.69, 9.17) is 14.2 Å². The Morgan fingerprint density at radius 1 is 0.959 bits per heavy atom. The number of hydrogen-bond acceptors (Lipinski definition) is 8. The summed E-state index contributed by atoms with van der Waals surface area (Å²) >= 11 is 0. The standard InChI is InChI=1S/C34H31F5N2O8/c1-32(18-45-27-16-29-28(14-23(27)32)48-34(38,39)49-29)30(42)40-24-15-25(46-26-13-21(7-8-22(24)26)47-33(35,36)37)20-9-11-41(12-10-20)31(43)44-17-19-5-3-2-4-6-19/h2-8,13-14,16,20,24-25H,9-12,15,17-18H2,1H3,(H,40,42)/t24-,25-,32+/m1/s1. The van der Waals surface area contributed by atoms with Crippen LogP contribution in [0.1, 0.15) is 48.9 Å². The van der Waals surface area contributed by atoms with Gasteiger partial charge in [-0.2, -0.15) is 0 Å². The number of benzene rings is 3. The molecule has 10 nitrogen and oxygen atoms in total. The van der Waals surface area contributed by atoms with Crippen molar-refractivity contribution in [2.24, 2.45) is 5.92 Å². The van der Waals surface area contributed by atoms with Crippen LogP contribution in [0.15, 0.2) is 60.7 Å². The van der Waals surface area contributed by atoms with Crippen LogP contribution in [0.4, 0.5) is 26.7 Å². The third-order valence-electron chi connectivity index (χ3n) is 9.29. The summed E-state index contributed by atoms with van der Waals surface area (Å²) in [5.41, 5.74) is 0.282. The SMILES string of the molecule is C[C@]1(C(=O)N[C@@H]2C[C@H](C3CCN(C(=O)OCc4ccccc4)CC3)Oc3cc(OC(F)(F)F)ccc32)COc2cc3c(cc21)OC(F)(F)O3. The molecule has 4 aliphatic rings. The van der Waals surface area contributed by atoms with Crippen LogP contribution in [-0.4, -0.2) is 55.4 Å². The highest BCUT2D eigenvalue weighted by atomic mass is 19.4. The lowest BCUT2D eigenvalue weighted by Gasteiger charge is -2.40. The Labute approximate surface area is 277 Å². The van der Waals surface area contributed by atoms with Gasteiger partial charge in [0.1, 0.15) is 42.0 Å². The summed E-state index contributed by atoms with van der Waals surface area (Å²) in [5.74, 6) is -1.24. The molecule has 3 aromatic carbocycles. The Balaban J connectivity index is 1.08. The lowest BCUT2D eigenvalue weighted by atomic mass is 9.81. The van der Waals surface area contributed by atoms with Gasteiger partial charge in [0.25, 0.3) is 0 Å². The fraction of sp³-hybridized carbons (Fsp3) is 0.412. The van der Waals surface area contributed by atoms with Crippen molar-refractivity contribution in [2.75, 3.05) is 19.7 Å².